The number of ether oxygens (including phenoxy) is 1. The van der Waals surface area contributed by atoms with E-state index in [-0.39, 0.29) is 5.56 Å². The number of anilines is 1. The van der Waals surface area contributed by atoms with Gasteiger partial charge < -0.3 is 15.8 Å². The summed E-state index contributed by atoms with van der Waals surface area (Å²) in [6.45, 7) is 0. The van der Waals surface area contributed by atoms with Gasteiger partial charge in [-0.2, -0.15) is 0 Å². The van der Waals surface area contributed by atoms with Crippen molar-refractivity contribution in [2.75, 3.05) is 12.4 Å². The van der Waals surface area contributed by atoms with Gasteiger partial charge in [0.25, 0.3) is 0 Å². The summed E-state index contributed by atoms with van der Waals surface area (Å²) in [6, 6.07) is 8.42. The Hall–Kier alpha value is -2.63. The van der Waals surface area contributed by atoms with E-state index in [0.29, 0.717) is 11.4 Å². The molecule has 3 N–H and O–H groups in total. The van der Waals surface area contributed by atoms with Gasteiger partial charge in [-0.1, -0.05) is 12.1 Å². The predicted molar refractivity (Wildman–Crippen MR) is 74.9 cm³/mol. The SMILES string of the molecule is COc1ccccc1NC(C(N)=O)c1cc(F)ccc1F. The van der Waals surface area contributed by atoms with Crippen LogP contribution in [-0.2, 0) is 4.79 Å². The average Bonchev–Trinajstić information content (AvgIpc) is 2.47. The minimum Gasteiger partial charge on any atom is -0.495 e. The summed E-state index contributed by atoms with van der Waals surface area (Å²) >= 11 is 0. The van der Waals surface area contributed by atoms with E-state index in [1.54, 1.807) is 24.3 Å². The monoisotopic (exact) mass is 292 g/mol. The van der Waals surface area contributed by atoms with Crippen LogP contribution in [0.25, 0.3) is 0 Å². The van der Waals surface area contributed by atoms with Gasteiger partial charge in [-0.25, -0.2) is 8.78 Å². The molecule has 0 saturated carbocycles. The molecule has 0 fully saturated rings. The average molecular weight is 292 g/mol. The second-order valence-corrected chi connectivity index (χ2v) is 4.35. The van der Waals surface area contributed by atoms with E-state index in [0.717, 1.165) is 18.2 Å². The summed E-state index contributed by atoms with van der Waals surface area (Å²) in [5.74, 6) is -1.74. The minimum absolute atomic E-state index is 0.159. The van der Waals surface area contributed by atoms with Crippen LogP contribution in [-0.4, -0.2) is 13.0 Å². The second-order valence-electron chi connectivity index (χ2n) is 4.35. The van der Waals surface area contributed by atoms with Crippen molar-refractivity contribution in [2.24, 2.45) is 5.73 Å². The van der Waals surface area contributed by atoms with Crippen LogP contribution in [0.1, 0.15) is 11.6 Å². The third-order valence-corrected chi connectivity index (χ3v) is 2.96. The standard InChI is InChI=1S/C15H14F2N2O2/c1-21-13-5-3-2-4-12(13)19-14(15(18)20)10-8-9(16)6-7-11(10)17/h2-8,14,19H,1H3,(H2,18,20). The number of carbonyl (C=O) groups excluding carboxylic acids is 1. The maximum Gasteiger partial charge on any atom is 0.244 e. The molecular formula is C15H14F2N2O2. The van der Waals surface area contributed by atoms with E-state index >= 15 is 0 Å². The number of hydrogen-bond acceptors (Lipinski definition) is 3. The Balaban J connectivity index is 2.40. The topological polar surface area (TPSA) is 64.3 Å². The lowest BCUT2D eigenvalue weighted by Gasteiger charge is -2.19. The molecule has 4 nitrogen and oxygen atoms in total. The predicted octanol–water partition coefficient (Wildman–Crippen LogP) is 2.61. The van der Waals surface area contributed by atoms with Gasteiger partial charge in [0.2, 0.25) is 5.91 Å². The molecule has 21 heavy (non-hydrogen) atoms. The first-order valence-corrected chi connectivity index (χ1v) is 6.16. The van der Waals surface area contributed by atoms with Crippen LogP contribution in [0.3, 0.4) is 0 Å². The third-order valence-electron chi connectivity index (χ3n) is 2.96. The molecule has 0 aliphatic carbocycles. The third kappa shape index (κ3) is 3.28. The Morgan fingerprint density at radius 1 is 1.24 bits per heavy atom. The number of rotatable bonds is 5. The molecule has 1 unspecified atom stereocenters. The molecule has 2 aromatic carbocycles. The Bertz CT molecular complexity index is 662. The summed E-state index contributed by atoms with van der Waals surface area (Å²) in [6.07, 6.45) is 0. The van der Waals surface area contributed by atoms with Crippen LogP contribution in [0.15, 0.2) is 42.5 Å². The molecule has 2 aromatic rings. The van der Waals surface area contributed by atoms with Gasteiger partial charge in [-0.3, -0.25) is 4.79 Å². The lowest BCUT2D eigenvalue weighted by atomic mass is 10.0. The molecule has 0 radical (unpaired) electrons. The van der Waals surface area contributed by atoms with E-state index in [2.05, 4.69) is 5.32 Å². The number of benzene rings is 2. The zero-order chi connectivity index (χ0) is 15.4. The Morgan fingerprint density at radius 3 is 2.62 bits per heavy atom. The van der Waals surface area contributed by atoms with Gasteiger partial charge in [0, 0.05) is 5.56 Å². The minimum atomic E-state index is -1.21. The first-order valence-electron chi connectivity index (χ1n) is 6.16. The molecule has 110 valence electrons. The molecule has 1 amide bonds. The molecule has 0 aromatic heterocycles. The van der Waals surface area contributed by atoms with Crippen molar-refractivity contribution in [2.45, 2.75) is 6.04 Å². The fraction of sp³-hybridized carbons (Fsp3) is 0.133. The molecule has 0 heterocycles. The molecule has 0 bridgehead atoms. The summed E-state index contributed by atoms with van der Waals surface area (Å²) in [4.78, 5) is 11.6. The van der Waals surface area contributed by atoms with Crippen molar-refractivity contribution in [3.8, 4) is 5.75 Å². The van der Waals surface area contributed by atoms with E-state index in [1.807, 2.05) is 0 Å². The fourth-order valence-electron chi connectivity index (χ4n) is 1.96. The van der Waals surface area contributed by atoms with E-state index < -0.39 is 23.6 Å². The van der Waals surface area contributed by atoms with Crippen molar-refractivity contribution in [1.82, 2.24) is 0 Å². The molecular weight excluding hydrogens is 278 g/mol. The lowest BCUT2D eigenvalue weighted by Crippen LogP contribution is -2.28. The molecule has 6 heteroatoms. The first kappa shape index (κ1) is 14.8. The van der Waals surface area contributed by atoms with Gasteiger partial charge in [-0.15, -0.1) is 0 Å². The zero-order valence-corrected chi connectivity index (χ0v) is 11.3. The summed E-state index contributed by atoms with van der Waals surface area (Å²) < 4.78 is 32.2. The summed E-state index contributed by atoms with van der Waals surface area (Å²) in [5.41, 5.74) is 5.59. The van der Waals surface area contributed by atoms with Gasteiger partial charge in [0.05, 0.1) is 12.8 Å². The smallest absolute Gasteiger partial charge is 0.244 e. The number of halogens is 2. The molecule has 0 saturated heterocycles. The number of methoxy groups -OCH3 is 1. The number of nitrogens with one attached hydrogen (secondary N) is 1. The maximum absolute atomic E-state index is 13.8. The Morgan fingerprint density at radius 2 is 1.95 bits per heavy atom. The maximum atomic E-state index is 13.8. The normalized spacial score (nSPS) is 11.8. The Kier molecular flexibility index (Phi) is 4.37. The van der Waals surface area contributed by atoms with Crippen molar-refractivity contribution < 1.29 is 18.3 Å². The molecule has 1 atom stereocenters. The molecule has 0 aliphatic heterocycles. The second kappa shape index (κ2) is 6.21. The van der Waals surface area contributed by atoms with Crippen molar-refractivity contribution in [3.05, 3.63) is 59.7 Å². The van der Waals surface area contributed by atoms with Crippen LogP contribution in [0.5, 0.6) is 5.75 Å². The number of para-hydroxylation sites is 2. The van der Waals surface area contributed by atoms with Gasteiger partial charge in [0.15, 0.2) is 0 Å². The highest BCUT2D eigenvalue weighted by molar-refractivity contribution is 5.85. The van der Waals surface area contributed by atoms with Gasteiger partial charge in [-0.05, 0) is 30.3 Å². The Labute approximate surface area is 120 Å². The highest BCUT2D eigenvalue weighted by Gasteiger charge is 2.23. The van der Waals surface area contributed by atoms with Crippen molar-refractivity contribution in [3.63, 3.8) is 0 Å². The van der Waals surface area contributed by atoms with Crippen LogP contribution in [0, 0.1) is 11.6 Å². The lowest BCUT2D eigenvalue weighted by molar-refractivity contribution is -0.118. The van der Waals surface area contributed by atoms with E-state index in [1.165, 1.54) is 7.11 Å². The van der Waals surface area contributed by atoms with Crippen LogP contribution < -0.4 is 15.8 Å². The number of nitrogens with two attached hydrogens (primary N) is 1. The van der Waals surface area contributed by atoms with Crippen molar-refractivity contribution >= 4 is 11.6 Å². The highest BCUT2D eigenvalue weighted by Crippen LogP contribution is 2.29. The van der Waals surface area contributed by atoms with Gasteiger partial charge >= 0.3 is 0 Å². The van der Waals surface area contributed by atoms with Crippen molar-refractivity contribution in [1.29, 1.82) is 0 Å². The zero-order valence-electron chi connectivity index (χ0n) is 11.3. The summed E-state index contributed by atoms with van der Waals surface area (Å²) in [7, 11) is 1.46. The van der Waals surface area contributed by atoms with E-state index in [4.69, 9.17) is 10.5 Å². The fourth-order valence-corrected chi connectivity index (χ4v) is 1.96. The van der Waals surface area contributed by atoms with Crippen LogP contribution >= 0.6 is 0 Å². The van der Waals surface area contributed by atoms with Crippen LogP contribution in [0.2, 0.25) is 0 Å². The molecule has 0 aliphatic rings. The number of primary amides is 1. The number of amides is 1. The number of hydrogen-bond donors (Lipinski definition) is 2. The number of carbonyl (C=O) groups is 1. The quantitative estimate of drug-likeness (QED) is 0.890. The van der Waals surface area contributed by atoms with Crippen LogP contribution in [0.4, 0.5) is 14.5 Å². The van der Waals surface area contributed by atoms with E-state index in [9.17, 15) is 13.6 Å². The largest absolute Gasteiger partial charge is 0.495 e. The highest BCUT2D eigenvalue weighted by atomic mass is 19.1. The summed E-state index contributed by atoms with van der Waals surface area (Å²) in [5, 5.41) is 2.78. The van der Waals surface area contributed by atoms with Gasteiger partial charge in [0.1, 0.15) is 23.4 Å². The first-order chi connectivity index (χ1) is 10.0. The molecule has 2 rings (SSSR count). The molecule has 0 spiro atoms.